The summed E-state index contributed by atoms with van der Waals surface area (Å²) in [4.78, 5) is 25.9. The second-order valence-corrected chi connectivity index (χ2v) is 16.5. The van der Waals surface area contributed by atoms with Crippen LogP contribution >= 0.6 is 0 Å². The molecule has 6 heteroatoms. The smallest absolute Gasteiger partial charge is 0.306 e. The van der Waals surface area contributed by atoms with E-state index in [0.29, 0.717) is 19.3 Å². The number of aliphatic hydroxyl groups is 2. The molecule has 320 valence electrons. The van der Waals surface area contributed by atoms with Gasteiger partial charge >= 0.3 is 5.97 Å². The summed E-state index contributed by atoms with van der Waals surface area (Å²) < 4.78 is 5.89. The lowest BCUT2D eigenvalue weighted by Crippen LogP contribution is -2.46. The van der Waals surface area contributed by atoms with E-state index in [1.54, 1.807) is 0 Å². The van der Waals surface area contributed by atoms with Gasteiger partial charge in [0.05, 0.1) is 25.2 Å². The van der Waals surface area contributed by atoms with Crippen molar-refractivity contribution in [1.82, 2.24) is 5.32 Å². The van der Waals surface area contributed by atoms with Crippen LogP contribution in [-0.2, 0) is 14.3 Å². The standard InChI is InChI=1S/C48H93NO5/c1-4-7-10-13-16-19-20-21-22-23-24-25-26-29-32-35-38-41-48(53)54-44(39-36-33-30-27-17-14-11-8-5-2)42-47(52)49-45(43-50)46(51)40-37-34-31-28-18-15-12-9-6-3/h14,17,44-46,50-51H,4-13,15-16,18-43H2,1-3H3,(H,49,52)/b17-14-. The Labute approximate surface area is 336 Å². The second kappa shape index (κ2) is 42.7. The molecule has 0 saturated carbocycles. The lowest BCUT2D eigenvalue weighted by Gasteiger charge is -2.24. The van der Waals surface area contributed by atoms with Gasteiger partial charge in [0.25, 0.3) is 0 Å². The van der Waals surface area contributed by atoms with Gasteiger partial charge in [0.1, 0.15) is 6.10 Å². The van der Waals surface area contributed by atoms with Crippen molar-refractivity contribution < 1.29 is 24.5 Å². The largest absolute Gasteiger partial charge is 0.462 e. The van der Waals surface area contributed by atoms with Crippen LogP contribution in [0.5, 0.6) is 0 Å². The van der Waals surface area contributed by atoms with Gasteiger partial charge in [-0.25, -0.2) is 0 Å². The number of allylic oxidation sites excluding steroid dienone is 2. The molecule has 6 nitrogen and oxygen atoms in total. The van der Waals surface area contributed by atoms with Crippen LogP contribution in [-0.4, -0.2) is 46.9 Å². The molecule has 0 saturated heterocycles. The first-order chi connectivity index (χ1) is 26.5. The lowest BCUT2D eigenvalue weighted by molar-refractivity contribution is -0.151. The Kier molecular flexibility index (Phi) is 41.6. The van der Waals surface area contributed by atoms with Gasteiger partial charge < -0.3 is 20.3 Å². The minimum Gasteiger partial charge on any atom is -0.462 e. The predicted octanol–water partition coefficient (Wildman–Crippen LogP) is 13.8. The van der Waals surface area contributed by atoms with E-state index in [-0.39, 0.29) is 24.9 Å². The molecule has 0 radical (unpaired) electrons. The second-order valence-electron chi connectivity index (χ2n) is 16.5. The van der Waals surface area contributed by atoms with Crippen LogP contribution < -0.4 is 5.32 Å². The molecule has 0 aliphatic carbocycles. The quantitative estimate of drug-likeness (QED) is 0.0326. The third-order valence-corrected chi connectivity index (χ3v) is 11.1. The fourth-order valence-electron chi connectivity index (χ4n) is 7.41. The number of nitrogens with one attached hydrogen (secondary N) is 1. The van der Waals surface area contributed by atoms with E-state index < -0.39 is 18.2 Å². The van der Waals surface area contributed by atoms with Crippen molar-refractivity contribution in [3.63, 3.8) is 0 Å². The minimum absolute atomic E-state index is 0.0724. The van der Waals surface area contributed by atoms with Crippen molar-refractivity contribution in [2.45, 2.75) is 277 Å². The Morgan fingerprint density at radius 3 is 1.37 bits per heavy atom. The molecular formula is C48H93NO5. The maximum atomic E-state index is 13.1. The fraction of sp³-hybridized carbons (Fsp3) is 0.917. The third kappa shape index (κ3) is 37.5. The SMILES string of the molecule is CCCC/C=C\CCCCCC(CC(=O)NC(CO)C(O)CCCCCCCCCCC)OC(=O)CCCCCCCCCCCCCCCCCCC. The van der Waals surface area contributed by atoms with Gasteiger partial charge in [-0.05, 0) is 44.9 Å². The summed E-state index contributed by atoms with van der Waals surface area (Å²) in [5.74, 6) is -0.480. The zero-order valence-electron chi connectivity index (χ0n) is 36.4. The van der Waals surface area contributed by atoms with Crippen LogP contribution in [0.2, 0.25) is 0 Å². The van der Waals surface area contributed by atoms with Crippen LogP contribution in [0.3, 0.4) is 0 Å². The minimum atomic E-state index is -0.783. The maximum absolute atomic E-state index is 13.1. The Morgan fingerprint density at radius 2 is 0.907 bits per heavy atom. The summed E-state index contributed by atoms with van der Waals surface area (Å²) in [5.41, 5.74) is 0. The van der Waals surface area contributed by atoms with E-state index in [9.17, 15) is 19.8 Å². The van der Waals surface area contributed by atoms with Crippen molar-refractivity contribution in [2.75, 3.05) is 6.61 Å². The molecule has 3 unspecified atom stereocenters. The number of aliphatic hydroxyl groups excluding tert-OH is 2. The monoisotopic (exact) mass is 764 g/mol. The molecule has 0 aromatic carbocycles. The van der Waals surface area contributed by atoms with Gasteiger partial charge in [-0.1, -0.05) is 213 Å². The van der Waals surface area contributed by atoms with Crippen molar-refractivity contribution in [3.8, 4) is 0 Å². The number of unbranched alkanes of at least 4 members (excludes halogenated alkanes) is 29. The van der Waals surface area contributed by atoms with Gasteiger partial charge in [-0.3, -0.25) is 9.59 Å². The van der Waals surface area contributed by atoms with E-state index >= 15 is 0 Å². The van der Waals surface area contributed by atoms with Crippen molar-refractivity contribution in [1.29, 1.82) is 0 Å². The molecule has 54 heavy (non-hydrogen) atoms. The number of carbonyl (C=O) groups is 2. The first kappa shape index (κ1) is 52.6. The highest BCUT2D eigenvalue weighted by Crippen LogP contribution is 2.18. The lowest BCUT2D eigenvalue weighted by atomic mass is 10.0. The normalized spacial score (nSPS) is 13.4. The van der Waals surface area contributed by atoms with E-state index in [1.165, 1.54) is 141 Å². The van der Waals surface area contributed by atoms with Crippen LogP contribution in [0, 0.1) is 0 Å². The first-order valence-corrected chi connectivity index (χ1v) is 23.9. The van der Waals surface area contributed by atoms with Crippen LogP contribution in [0.1, 0.15) is 258 Å². The highest BCUT2D eigenvalue weighted by atomic mass is 16.5. The molecule has 0 aliphatic heterocycles. The summed E-state index contributed by atoms with van der Waals surface area (Å²) in [6.45, 7) is 6.42. The van der Waals surface area contributed by atoms with Gasteiger partial charge in [-0.2, -0.15) is 0 Å². The topological polar surface area (TPSA) is 95.9 Å². The number of hydrogen-bond acceptors (Lipinski definition) is 5. The molecule has 0 rings (SSSR count). The molecule has 0 aliphatic rings. The van der Waals surface area contributed by atoms with Gasteiger partial charge in [0.2, 0.25) is 5.91 Å². The Bertz CT molecular complexity index is 817. The van der Waals surface area contributed by atoms with Gasteiger partial charge in [0, 0.05) is 6.42 Å². The molecular weight excluding hydrogens is 671 g/mol. The zero-order chi connectivity index (χ0) is 39.6. The van der Waals surface area contributed by atoms with E-state index in [0.717, 1.165) is 70.6 Å². The van der Waals surface area contributed by atoms with Crippen LogP contribution in [0.15, 0.2) is 12.2 Å². The van der Waals surface area contributed by atoms with Gasteiger partial charge in [-0.15, -0.1) is 0 Å². The molecule has 1 amide bonds. The molecule has 0 fully saturated rings. The maximum Gasteiger partial charge on any atom is 0.306 e. The van der Waals surface area contributed by atoms with Crippen molar-refractivity contribution >= 4 is 11.9 Å². The highest BCUT2D eigenvalue weighted by molar-refractivity contribution is 5.77. The first-order valence-electron chi connectivity index (χ1n) is 23.9. The van der Waals surface area contributed by atoms with Crippen molar-refractivity contribution in [3.05, 3.63) is 12.2 Å². The van der Waals surface area contributed by atoms with Crippen LogP contribution in [0.4, 0.5) is 0 Å². The number of carbonyl (C=O) groups excluding carboxylic acids is 2. The Balaban J connectivity index is 4.43. The van der Waals surface area contributed by atoms with Crippen molar-refractivity contribution in [2.24, 2.45) is 0 Å². The van der Waals surface area contributed by atoms with E-state index in [4.69, 9.17) is 4.74 Å². The summed E-state index contributed by atoms with van der Waals surface area (Å²) in [5, 5.41) is 23.6. The highest BCUT2D eigenvalue weighted by Gasteiger charge is 2.24. The summed E-state index contributed by atoms with van der Waals surface area (Å²) in [7, 11) is 0. The summed E-state index contributed by atoms with van der Waals surface area (Å²) >= 11 is 0. The number of hydrogen-bond donors (Lipinski definition) is 3. The predicted molar refractivity (Wildman–Crippen MR) is 232 cm³/mol. The molecule has 0 aromatic heterocycles. The third-order valence-electron chi connectivity index (χ3n) is 11.1. The number of esters is 1. The zero-order valence-corrected chi connectivity index (χ0v) is 36.4. The Morgan fingerprint density at radius 1 is 0.519 bits per heavy atom. The molecule has 0 spiro atoms. The average Bonchev–Trinajstić information content (AvgIpc) is 3.16. The average molecular weight is 764 g/mol. The van der Waals surface area contributed by atoms with E-state index in [2.05, 4.69) is 38.2 Å². The molecule has 0 aromatic rings. The Hall–Kier alpha value is -1.40. The molecule has 0 heterocycles. The van der Waals surface area contributed by atoms with Crippen LogP contribution in [0.25, 0.3) is 0 Å². The molecule has 3 atom stereocenters. The summed E-state index contributed by atoms with van der Waals surface area (Å²) in [6, 6.07) is -0.697. The van der Waals surface area contributed by atoms with E-state index in [1.807, 2.05) is 0 Å². The summed E-state index contributed by atoms with van der Waals surface area (Å²) in [6.07, 6.45) is 45.7. The number of ether oxygens (including phenoxy) is 1. The molecule has 3 N–H and O–H groups in total. The number of amides is 1. The fourth-order valence-corrected chi connectivity index (χ4v) is 7.41. The number of rotatable bonds is 43. The van der Waals surface area contributed by atoms with Gasteiger partial charge in [0.15, 0.2) is 0 Å². The molecule has 0 bridgehead atoms.